The Balaban J connectivity index is 1.46. The van der Waals surface area contributed by atoms with Gasteiger partial charge in [0, 0.05) is 28.3 Å². The van der Waals surface area contributed by atoms with Crippen molar-refractivity contribution >= 4 is 39.1 Å². The first-order valence-corrected chi connectivity index (χ1v) is 12.4. The lowest BCUT2D eigenvalue weighted by Gasteiger charge is -2.04. The molecule has 0 N–H and O–H groups in total. The van der Waals surface area contributed by atoms with Gasteiger partial charge in [0.25, 0.3) is 5.56 Å². The van der Waals surface area contributed by atoms with Crippen LogP contribution in [-0.2, 0) is 0 Å². The van der Waals surface area contributed by atoms with Crippen LogP contribution in [0.15, 0.2) is 101 Å². The number of nitrogens with zero attached hydrogens (tertiary/aromatic N) is 4. The van der Waals surface area contributed by atoms with Crippen LogP contribution in [0.3, 0.4) is 0 Å². The Labute approximate surface area is 214 Å². The molecule has 0 fully saturated rings. The standard InChI is InChI=1S/C29H19FN4O2S/c1-18-22(24-9-5-6-14-33(24)26(18)27(35)20-10-12-21(30)13-11-20)15-32-34-17-31-28-25(29(34)36)23(16-37-28)19-7-3-2-4-8-19/h2-17H,1H3/b32-15+. The topological polar surface area (TPSA) is 68.7 Å². The second kappa shape index (κ2) is 9.07. The SMILES string of the molecule is Cc1c(/C=N/n2cnc3scc(-c4ccccc4)c3c2=O)c2ccccn2c1C(=O)c1ccc(F)cc1. The second-order valence-corrected chi connectivity index (χ2v) is 9.37. The van der Waals surface area contributed by atoms with E-state index in [4.69, 9.17) is 0 Å². The van der Waals surface area contributed by atoms with Crippen LogP contribution < -0.4 is 5.56 Å². The molecule has 6 rings (SSSR count). The number of benzene rings is 2. The van der Waals surface area contributed by atoms with Crippen molar-refractivity contribution in [3.8, 4) is 11.1 Å². The highest BCUT2D eigenvalue weighted by Crippen LogP contribution is 2.30. The Morgan fingerprint density at radius 3 is 2.57 bits per heavy atom. The maximum Gasteiger partial charge on any atom is 0.283 e. The van der Waals surface area contributed by atoms with E-state index in [1.54, 1.807) is 16.8 Å². The van der Waals surface area contributed by atoms with Gasteiger partial charge in [0.2, 0.25) is 5.78 Å². The molecule has 8 heteroatoms. The molecular weight excluding hydrogens is 487 g/mol. The molecule has 0 unspecified atom stereocenters. The van der Waals surface area contributed by atoms with E-state index in [0.29, 0.717) is 32.6 Å². The molecule has 0 atom stereocenters. The van der Waals surface area contributed by atoms with Crippen molar-refractivity contribution < 1.29 is 9.18 Å². The van der Waals surface area contributed by atoms with E-state index in [9.17, 15) is 14.0 Å². The zero-order valence-corrected chi connectivity index (χ0v) is 20.4. The summed E-state index contributed by atoms with van der Waals surface area (Å²) in [5.74, 6) is -0.637. The number of aromatic nitrogens is 3. The van der Waals surface area contributed by atoms with Crippen molar-refractivity contribution in [2.45, 2.75) is 6.92 Å². The molecule has 0 saturated carbocycles. The molecule has 0 aliphatic carbocycles. The van der Waals surface area contributed by atoms with Gasteiger partial charge >= 0.3 is 0 Å². The zero-order valence-electron chi connectivity index (χ0n) is 19.6. The van der Waals surface area contributed by atoms with Crippen molar-refractivity contribution in [1.82, 2.24) is 14.1 Å². The fourth-order valence-electron chi connectivity index (χ4n) is 4.49. The average Bonchev–Trinajstić information content (AvgIpc) is 3.48. The maximum absolute atomic E-state index is 13.4. The largest absolute Gasteiger partial charge is 0.313 e. The summed E-state index contributed by atoms with van der Waals surface area (Å²) < 4.78 is 16.4. The van der Waals surface area contributed by atoms with Crippen LogP contribution in [0.4, 0.5) is 4.39 Å². The van der Waals surface area contributed by atoms with Crippen LogP contribution in [0.5, 0.6) is 0 Å². The number of pyridine rings is 1. The lowest BCUT2D eigenvalue weighted by molar-refractivity contribution is 0.103. The van der Waals surface area contributed by atoms with E-state index in [0.717, 1.165) is 16.6 Å². The molecule has 180 valence electrons. The number of hydrogen-bond donors (Lipinski definition) is 0. The molecule has 0 aliphatic heterocycles. The Morgan fingerprint density at radius 2 is 1.78 bits per heavy atom. The molecule has 37 heavy (non-hydrogen) atoms. The molecule has 6 aromatic rings. The van der Waals surface area contributed by atoms with Gasteiger partial charge in [0.05, 0.1) is 22.8 Å². The summed E-state index contributed by atoms with van der Waals surface area (Å²) in [5, 5.41) is 6.90. The third kappa shape index (κ3) is 3.88. The predicted molar refractivity (Wildman–Crippen MR) is 144 cm³/mol. The minimum atomic E-state index is -0.404. The lowest BCUT2D eigenvalue weighted by Crippen LogP contribution is -2.16. The average molecular weight is 507 g/mol. The number of fused-ring (bicyclic) bond motifs is 2. The fraction of sp³-hybridized carbons (Fsp3) is 0.0345. The van der Waals surface area contributed by atoms with E-state index in [-0.39, 0.29) is 11.3 Å². The monoisotopic (exact) mass is 506 g/mol. The van der Waals surface area contributed by atoms with Crippen molar-refractivity contribution in [3.63, 3.8) is 0 Å². The van der Waals surface area contributed by atoms with Gasteiger partial charge in [-0.3, -0.25) is 9.59 Å². The van der Waals surface area contributed by atoms with Gasteiger partial charge in [0.15, 0.2) is 0 Å². The van der Waals surface area contributed by atoms with E-state index >= 15 is 0 Å². The molecule has 0 spiro atoms. The van der Waals surface area contributed by atoms with E-state index in [1.807, 2.05) is 60.8 Å². The molecule has 0 bridgehead atoms. The number of hydrogen-bond acceptors (Lipinski definition) is 5. The summed E-state index contributed by atoms with van der Waals surface area (Å²) in [5.41, 5.74) is 4.48. The van der Waals surface area contributed by atoms with Gasteiger partial charge in [0.1, 0.15) is 17.0 Å². The first-order chi connectivity index (χ1) is 18.0. The van der Waals surface area contributed by atoms with Crippen LogP contribution in [0.1, 0.15) is 27.2 Å². The van der Waals surface area contributed by atoms with Crippen molar-refractivity contribution in [2.24, 2.45) is 5.10 Å². The van der Waals surface area contributed by atoms with Crippen LogP contribution in [0.25, 0.3) is 26.9 Å². The first kappa shape index (κ1) is 22.8. The highest BCUT2D eigenvalue weighted by atomic mass is 32.1. The summed E-state index contributed by atoms with van der Waals surface area (Å²) >= 11 is 1.42. The van der Waals surface area contributed by atoms with Gasteiger partial charge in [-0.25, -0.2) is 9.37 Å². The summed E-state index contributed by atoms with van der Waals surface area (Å²) in [4.78, 5) is 31.9. The Kier molecular flexibility index (Phi) is 5.58. The highest BCUT2D eigenvalue weighted by molar-refractivity contribution is 7.17. The molecule has 6 nitrogen and oxygen atoms in total. The van der Waals surface area contributed by atoms with Crippen LogP contribution in [0.2, 0.25) is 0 Å². The minimum Gasteiger partial charge on any atom is -0.313 e. The molecule has 0 amide bonds. The third-order valence-corrected chi connectivity index (χ3v) is 7.22. The van der Waals surface area contributed by atoms with Crippen LogP contribution >= 0.6 is 11.3 Å². The summed E-state index contributed by atoms with van der Waals surface area (Å²) in [7, 11) is 0. The number of carbonyl (C=O) groups excluding carboxylic acids is 1. The Morgan fingerprint density at radius 1 is 1.03 bits per heavy atom. The lowest BCUT2D eigenvalue weighted by atomic mass is 10.0. The Hall–Kier alpha value is -4.69. The summed E-state index contributed by atoms with van der Waals surface area (Å²) in [6.45, 7) is 1.84. The number of halogens is 1. The molecule has 0 radical (unpaired) electrons. The predicted octanol–water partition coefficient (Wildman–Crippen LogP) is 5.94. The minimum absolute atomic E-state index is 0.232. The first-order valence-electron chi connectivity index (χ1n) is 11.5. The normalized spacial score (nSPS) is 11.6. The van der Waals surface area contributed by atoms with Gasteiger partial charge in [-0.1, -0.05) is 36.4 Å². The number of ketones is 1. The van der Waals surface area contributed by atoms with E-state index < -0.39 is 5.82 Å². The quantitative estimate of drug-likeness (QED) is 0.215. The van der Waals surface area contributed by atoms with Crippen molar-refractivity contribution in [3.05, 3.63) is 129 Å². The maximum atomic E-state index is 13.4. The molecule has 4 aromatic heterocycles. The summed E-state index contributed by atoms with van der Waals surface area (Å²) in [6.07, 6.45) is 4.79. The summed E-state index contributed by atoms with van der Waals surface area (Å²) in [6, 6.07) is 20.8. The third-order valence-electron chi connectivity index (χ3n) is 6.33. The van der Waals surface area contributed by atoms with Gasteiger partial charge < -0.3 is 4.40 Å². The number of thiophene rings is 1. The molecule has 0 aliphatic rings. The van der Waals surface area contributed by atoms with Gasteiger partial charge in [-0.2, -0.15) is 9.78 Å². The van der Waals surface area contributed by atoms with Crippen molar-refractivity contribution in [1.29, 1.82) is 0 Å². The van der Waals surface area contributed by atoms with E-state index in [1.165, 1.54) is 46.6 Å². The van der Waals surface area contributed by atoms with Crippen molar-refractivity contribution in [2.75, 3.05) is 0 Å². The fourth-order valence-corrected chi connectivity index (χ4v) is 5.40. The van der Waals surface area contributed by atoms with E-state index in [2.05, 4.69) is 10.1 Å². The van der Waals surface area contributed by atoms with Crippen LogP contribution in [0, 0.1) is 12.7 Å². The molecule has 2 aromatic carbocycles. The molecule has 4 heterocycles. The molecular formula is C29H19FN4O2S. The van der Waals surface area contributed by atoms with Gasteiger partial charge in [-0.15, -0.1) is 11.3 Å². The van der Waals surface area contributed by atoms with Gasteiger partial charge in [-0.05, 0) is 54.4 Å². The smallest absolute Gasteiger partial charge is 0.283 e. The zero-order chi connectivity index (χ0) is 25.5. The number of carbonyl (C=O) groups is 1. The van der Waals surface area contributed by atoms with Crippen LogP contribution in [-0.4, -0.2) is 26.1 Å². The second-order valence-electron chi connectivity index (χ2n) is 8.51. The highest BCUT2D eigenvalue weighted by Gasteiger charge is 2.21. The Bertz CT molecular complexity index is 1880. The number of rotatable bonds is 5. The molecule has 0 saturated heterocycles.